The molecule has 2 aliphatic rings. The van der Waals surface area contributed by atoms with Crippen molar-refractivity contribution in [3.63, 3.8) is 0 Å². The van der Waals surface area contributed by atoms with Crippen LogP contribution in [-0.4, -0.2) is 61.6 Å². The number of nitrogens with one attached hydrogen (secondary N) is 1. The minimum absolute atomic E-state index is 0. The molecule has 0 spiro atoms. The van der Waals surface area contributed by atoms with E-state index < -0.39 is 11.6 Å². The summed E-state index contributed by atoms with van der Waals surface area (Å²) in [5.41, 5.74) is 0.519. The highest BCUT2D eigenvalue weighted by atomic mass is 127. The van der Waals surface area contributed by atoms with Crippen molar-refractivity contribution in [1.29, 1.82) is 0 Å². The van der Waals surface area contributed by atoms with E-state index in [2.05, 4.69) is 22.0 Å². The van der Waals surface area contributed by atoms with Gasteiger partial charge in [0.25, 0.3) is 0 Å². The second-order valence-corrected chi connectivity index (χ2v) is 8.22. The van der Waals surface area contributed by atoms with Gasteiger partial charge >= 0.3 is 0 Å². The van der Waals surface area contributed by atoms with Gasteiger partial charge in [-0.1, -0.05) is 19.4 Å². The fourth-order valence-corrected chi connectivity index (χ4v) is 4.33. The van der Waals surface area contributed by atoms with Gasteiger partial charge in [-0.3, -0.25) is 4.99 Å². The molecule has 4 nitrogen and oxygen atoms in total. The van der Waals surface area contributed by atoms with Gasteiger partial charge in [0, 0.05) is 44.7 Å². The monoisotopic (exact) mass is 520 g/mol. The fraction of sp³-hybridized carbons (Fsp3) is 0.682. The van der Waals surface area contributed by atoms with Gasteiger partial charge < -0.3 is 15.1 Å². The molecule has 1 aromatic carbocycles. The number of hydrogen-bond donors (Lipinski definition) is 1. The van der Waals surface area contributed by atoms with Gasteiger partial charge in [0.05, 0.1) is 0 Å². The lowest BCUT2D eigenvalue weighted by molar-refractivity contribution is 0.198. The number of benzene rings is 1. The summed E-state index contributed by atoms with van der Waals surface area (Å²) >= 11 is 0. The molecule has 0 amide bonds. The fourth-order valence-electron chi connectivity index (χ4n) is 4.33. The number of halogens is 3. The van der Waals surface area contributed by atoms with Crippen molar-refractivity contribution in [2.45, 2.75) is 45.4 Å². The zero-order valence-corrected chi connectivity index (χ0v) is 20.0. The van der Waals surface area contributed by atoms with Crippen molar-refractivity contribution in [3.8, 4) is 0 Å². The topological polar surface area (TPSA) is 30.9 Å². The van der Waals surface area contributed by atoms with Crippen LogP contribution in [-0.2, 0) is 0 Å². The average molecular weight is 520 g/mol. The lowest BCUT2D eigenvalue weighted by Gasteiger charge is -2.29. The summed E-state index contributed by atoms with van der Waals surface area (Å²) < 4.78 is 27.2. The number of guanidine groups is 1. The summed E-state index contributed by atoms with van der Waals surface area (Å²) in [6, 6.07) is 3.80. The first kappa shape index (κ1) is 24.3. The highest BCUT2D eigenvalue weighted by molar-refractivity contribution is 14.0. The molecule has 164 valence electrons. The standard InChI is InChI=1S/C22H34F2N4.HI/c1-3-25-22(26-14-17(2)20-8-7-19(23)13-21(20)24)28-12-9-18(16-28)15-27-10-5-4-6-11-27;/h7-8,13,17-18H,3-6,9-12,14-16H2,1-2H3,(H,25,26);1H. The van der Waals surface area contributed by atoms with E-state index in [1.165, 1.54) is 57.5 Å². The molecular formula is C22H35F2IN4. The maximum atomic E-state index is 14.0. The molecule has 2 fully saturated rings. The normalized spacial score (nSPS) is 21.7. The second kappa shape index (κ2) is 12.0. The predicted octanol–water partition coefficient (Wildman–Crippen LogP) is 4.46. The predicted molar refractivity (Wildman–Crippen MR) is 126 cm³/mol. The van der Waals surface area contributed by atoms with Crippen molar-refractivity contribution in [1.82, 2.24) is 15.1 Å². The van der Waals surface area contributed by atoms with Crippen molar-refractivity contribution in [2.24, 2.45) is 10.9 Å². The van der Waals surface area contributed by atoms with E-state index in [9.17, 15) is 8.78 Å². The van der Waals surface area contributed by atoms with Crippen LogP contribution in [0.25, 0.3) is 0 Å². The molecule has 7 heteroatoms. The number of nitrogens with zero attached hydrogens (tertiary/aromatic N) is 3. The van der Waals surface area contributed by atoms with Gasteiger partial charge in [-0.25, -0.2) is 8.78 Å². The Bertz CT molecular complexity index is 664. The summed E-state index contributed by atoms with van der Waals surface area (Å²) in [5, 5.41) is 3.39. The van der Waals surface area contributed by atoms with E-state index >= 15 is 0 Å². The third-order valence-electron chi connectivity index (χ3n) is 5.89. The molecule has 3 rings (SSSR count). The lowest BCUT2D eigenvalue weighted by atomic mass is 10.0. The van der Waals surface area contributed by atoms with Gasteiger partial charge in [-0.05, 0) is 56.8 Å². The minimum atomic E-state index is -0.540. The molecule has 2 heterocycles. The first-order chi connectivity index (χ1) is 13.6. The Morgan fingerprint density at radius 2 is 1.97 bits per heavy atom. The molecule has 0 aliphatic carbocycles. The van der Waals surface area contributed by atoms with Crippen LogP contribution in [0.15, 0.2) is 23.2 Å². The van der Waals surface area contributed by atoms with Crippen molar-refractivity contribution < 1.29 is 8.78 Å². The highest BCUT2D eigenvalue weighted by Crippen LogP contribution is 2.22. The van der Waals surface area contributed by atoms with E-state index in [-0.39, 0.29) is 29.9 Å². The van der Waals surface area contributed by atoms with Crippen molar-refractivity contribution in [2.75, 3.05) is 45.8 Å². The smallest absolute Gasteiger partial charge is 0.193 e. The Morgan fingerprint density at radius 1 is 1.21 bits per heavy atom. The number of hydrogen-bond acceptors (Lipinski definition) is 2. The number of piperidine rings is 1. The van der Waals surface area contributed by atoms with Gasteiger partial charge in [0.15, 0.2) is 5.96 Å². The van der Waals surface area contributed by atoms with Crippen molar-refractivity contribution in [3.05, 3.63) is 35.4 Å². The molecule has 2 unspecified atom stereocenters. The quantitative estimate of drug-likeness (QED) is 0.342. The number of rotatable bonds is 6. The second-order valence-electron chi connectivity index (χ2n) is 8.22. The van der Waals surface area contributed by atoms with E-state index in [1.54, 1.807) is 0 Å². The van der Waals surface area contributed by atoms with E-state index in [4.69, 9.17) is 4.99 Å². The van der Waals surface area contributed by atoms with Crippen LogP contribution in [0.1, 0.15) is 51.0 Å². The van der Waals surface area contributed by atoms with E-state index in [1.807, 2.05) is 6.92 Å². The number of likely N-dealkylation sites (tertiary alicyclic amines) is 2. The van der Waals surface area contributed by atoms with Gasteiger partial charge in [-0.15, -0.1) is 24.0 Å². The molecule has 1 N–H and O–H groups in total. The third-order valence-corrected chi connectivity index (χ3v) is 5.89. The summed E-state index contributed by atoms with van der Waals surface area (Å²) in [5.74, 6) is 0.477. The average Bonchev–Trinajstić information content (AvgIpc) is 3.14. The summed E-state index contributed by atoms with van der Waals surface area (Å²) in [6.45, 7) is 11.0. The Balaban J connectivity index is 0.00000300. The summed E-state index contributed by atoms with van der Waals surface area (Å²) in [7, 11) is 0. The zero-order valence-electron chi connectivity index (χ0n) is 17.7. The van der Waals surface area contributed by atoms with Crippen LogP contribution < -0.4 is 5.32 Å². The van der Waals surface area contributed by atoms with Crippen LogP contribution >= 0.6 is 24.0 Å². The third kappa shape index (κ3) is 7.05. The lowest BCUT2D eigenvalue weighted by Crippen LogP contribution is -2.41. The Kier molecular flexibility index (Phi) is 10.1. The Hall–Kier alpha value is -0.960. The molecule has 29 heavy (non-hydrogen) atoms. The van der Waals surface area contributed by atoms with Crippen LogP contribution in [0.5, 0.6) is 0 Å². The SMILES string of the molecule is CCNC(=NCC(C)c1ccc(F)cc1F)N1CCC(CN2CCCCC2)C1.I. The van der Waals surface area contributed by atoms with Gasteiger partial charge in [-0.2, -0.15) is 0 Å². The summed E-state index contributed by atoms with van der Waals surface area (Å²) in [6.07, 6.45) is 5.23. The van der Waals surface area contributed by atoms with Crippen LogP contribution in [0.2, 0.25) is 0 Å². The molecule has 0 radical (unpaired) electrons. The zero-order chi connectivity index (χ0) is 19.9. The van der Waals surface area contributed by atoms with Crippen LogP contribution in [0.3, 0.4) is 0 Å². The van der Waals surface area contributed by atoms with Gasteiger partial charge in [0.2, 0.25) is 0 Å². The molecule has 0 aromatic heterocycles. The largest absolute Gasteiger partial charge is 0.357 e. The molecule has 1 aromatic rings. The molecular weight excluding hydrogens is 485 g/mol. The Morgan fingerprint density at radius 3 is 2.66 bits per heavy atom. The number of aliphatic imine (C=N–C) groups is 1. The van der Waals surface area contributed by atoms with Crippen molar-refractivity contribution >= 4 is 29.9 Å². The molecule has 2 aliphatic heterocycles. The summed E-state index contributed by atoms with van der Waals surface area (Å²) in [4.78, 5) is 9.73. The maximum absolute atomic E-state index is 14.0. The van der Waals surface area contributed by atoms with E-state index in [0.717, 1.165) is 31.7 Å². The van der Waals surface area contributed by atoms with Crippen LogP contribution in [0.4, 0.5) is 8.78 Å². The molecule has 2 saturated heterocycles. The maximum Gasteiger partial charge on any atom is 0.193 e. The molecule has 2 atom stereocenters. The van der Waals surface area contributed by atoms with Gasteiger partial charge in [0.1, 0.15) is 11.6 Å². The Labute approximate surface area is 191 Å². The first-order valence-corrected chi connectivity index (χ1v) is 10.8. The highest BCUT2D eigenvalue weighted by Gasteiger charge is 2.27. The molecule has 0 saturated carbocycles. The minimum Gasteiger partial charge on any atom is -0.357 e. The first-order valence-electron chi connectivity index (χ1n) is 10.8. The van der Waals surface area contributed by atoms with E-state index in [0.29, 0.717) is 18.0 Å². The van der Waals surface area contributed by atoms with Crippen LogP contribution in [0, 0.1) is 17.6 Å². The molecule has 0 bridgehead atoms.